The smallest absolute Gasteiger partial charge is 0.416 e. The lowest BCUT2D eigenvalue weighted by atomic mass is 9.74. The number of nitrogens with zero attached hydrogens (tertiary/aromatic N) is 3. The molecule has 2 aromatic heterocycles. The number of H-pyrrole nitrogens is 1. The molecular weight excluding hydrogens is 512 g/mol. The molecule has 5 rings (SSSR count). The highest BCUT2D eigenvalue weighted by Crippen LogP contribution is 2.47. The van der Waals surface area contributed by atoms with Crippen LogP contribution in [0, 0.1) is 18.4 Å². The van der Waals surface area contributed by atoms with E-state index in [0.29, 0.717) is 33.4 Å². The minimum atomic E-state index is -4.66. The Hall–Kier alpha value is -4.78. The van der Waals surface area contributed by atoms with Gasteiger partial charge in [-0.25, -0.2) is 9.64 Å². The molecule has 10 heteroatoms. The molecule has 4 aromatic rings. The molecule has 39 heavy (non-hydrogen) atoms. The SMILES string of the molecule is [C-]#[N+]c1cc(C(F)(F)F)cnc1/C(=C(\c1ccc(/C=C/C(=O)O)cc1)c1ccc2n[nH]c(F)c2c1)C1CCC1. The van der Waals surface area contributed by atoms with E-state index in [9.17, 15) is 22.4 Å². The van der Waals surface area contributed by atoms with Crippen LogP contribution in [0.15, 0.2) is 60.8 Å². The number of benzene rings is 2. The van der Waals surface area contributed by atoms with Crippen LogP contribution in [0.25, 0.3) is 33.0 Å². The van der Waals surface area contributed by atoms with Crippen molar-refractivity contribution in [2.75, 3.05) is 0 Å². The monoisotopic (exact) mass is 532 g/mol. The Labute approximate surface area is 220 Å². The number of fused-ring (bicyclic) bond motifs is 1. The summed E-state index contributed by atoms with van der Waals surface area (Å²) in [6, 6.07) is 12.7. The van der Waals surface area contributed by atoms with Gasteiger partial charge in [0.05, 0.1) is 28.7 Å². The number of halogens is 4. The molecule has 1 aliphatic rings. The number of rotatable bonds is 6. The van der Waals surface area contributed by atoms with Gasteiger partial charge in [0.1, 0.15) is 0 Å². The van der Waals surface area contributed by atoms with Gasteiger partial charge >= 0.3 is 12.1 Å². The largest absolute Gasteiger partial charge is 0.478 e. The zero-order chi connectivity index (χ0) is 27.7. The molecule has 1 aliphatic carbocycles. The van der Waals surface area contributed by atoms with Crippen LogP contribution in [-0.2, 0) is 11.0 Å². The average Bonchev–Trinajstić information content (AvgIpc) is 3.25. The molecule has 0 bridgehead atoms. The standard InChI is InChI=1S/C29H20F4N4O2/c1-34-23-14-20(29(31,32)33)15-35-27(23)26(17-3-2-4-17)25(18-8-5-16(6-9-18)7-12-24(38)39)19-10-11-22-21(13-19)28(30)37-36-22/h5-15,17H,2-4H2,(H,36,37)(H,38,39)/b12-7+,26-25+. The summed E-state index contributed by atoms with van der Waals surface area (Å²) in [6.45, 7) is 7.65. The number of hydrogen-bond donors (Lipinski definition) is 2. The third-order valence-corrected chi connectivity index (χ3v) is 6.77. The van der Waals surface area contributed by atoms with Crippen molar-refractivity contribution in [3.63, 3.8) is 0 Å². The summed E-state index contributed by atoms with van der Waals surface area (Å²) >= 11 is 0. The summed E-state index contributed by atoms with van der Waals surface area (Å²) in [5.74, 6) is -1.80. The van der Waals surface area contributed by atoms with Gasteiger partial charge in [0, 0.05) is 12.3 Å². The maximum absolute atomic E-state index is 14.5. The quantitative estimate of drug-likeness (QED) is 0.153. The molecular formula is C29H20F4N4O2. The zero-order valence-electron chi connectivity index (χ0n) is 20.3. The molecule has 2 heterocycles. The van der Waals surface area contributed by atoms with E-state index in [0.717, 1.165) is 37.6 Å². The van der Waals surface area contributed by atoms with Crippen molar-refractivity contribution in [2.24, 2.45) is 5.92 Å². The lowest BCUT2D eigenvalue weighted by molar-refractivity contribution is -0.137. The highest BCUT2D eigenvalue weighted by atomic mass is 19.4. The van der Waals surface area contributed by atoms with Crippen LogP contribution < -0.4 is 0 Å². The predicted molar refractivity (Wildman–Crippen MR) is 138 cm³/mol. The number of allylic oxidation sites excluding steroid dienone is 1. The van der Waals surface area contributed by atoms with E-state index in [2.05, 4.69) is 20.0 Å². The molecule has 0 atom stereocenters. The summed E-state index contributed by atoms with van der Waals surface area (Å²) in [6.07, 6.45) is 0.931. The van der Waals surface area contributed by atoms with Crippen LogP contribution in [0.3, 0.4) is 0 Å². The first-order chi connectivity index (χ1) is 18.7. The number of carbonyl (C=O) groups is 1. The first-order valence-electron chi connectivity index (χ1n) is 12.0. The molecule has 1 saturated carbocycles. The predicted octanol–water partition coefficient (Wildman–Crippen LogP) is 7.52. The summed E-state index contributed by atoms with van der Waals surface area (Å²) in [4.78, 5) is 18.5. The lowest BCUT2D eigenvalue weighted by Crippen LogP contribution is -2.16. The maximum Gasteiger partial charge on any atom is 0.416 e. The number of carboxylic acids is 1. The molecule has 2 N–H and O–H groups in total. The van der Waals surface area contributed by atoms with Gasteiger partial charge < -0.3 is 5.11 Å². The fraction of sp³-hybridized carbons (Fsp3) is 0.172. The summed E-state index contributed by atoms with van der Waals surface area (Å²) < 4.78 is 54.8. The molecule has 0 saturated heterocycles. The van der Waals surface area contributed by atoms with Crippen LogP contribution >= 0.6 is 0 Å². The van der Waals surface area contributed by atoms with Crippen LogP contribution in [0.1, 0.15) is 47.2 Å². The number of pyridine rings is 1. The fourth-order valence-corrected chi connectivity index (χ4v) is 4.65. The van der Waals surface area contributed by atoms with E-state index < -0.39 is 23.7 Å². The Morgan fingerprint density at radius 1 is 1.10 bits per heavy atom. The van der Waals surface area contributed by atoms with Crippen molar-refractivity contribution in [2.45, 2.75) is 25.4 Å². The fourth-order valence-electron chi connectivity index (χ4n) is 4.65. The molecule has 0 spiro atoms. The third kappa shape index (κ3) is 5.16. The van der Waals surface area contributed by atoms with Crippen LogP contribution in [-0.4, -0.2) is 26.3 Å². The number of aromatic nitrogens is 3. The number of hydrogen-bond acceptors (Lipinski definition) is 3. The number of aliphatic carboxylic acids is 1. The van der Waals surface area contributed by atoms with Crippen molar-refractivity contribution in [3.8, 4) is 0 Å². The van der Waals surface area contributed by atoms with Gasteiger partial charge in [-0.2, -0.15) is 22.7 Å². The van der Waals surface area contributed by atoms with Gasteiger partial charge in [-0.15, -0.1) is 0 Å². The Morgan fingerprint density at radius 2 is 1.82 bits per heavy atom. The third-order valence-electron chi connectivity index (χ3n) is 6.77. The van der Waals surface area contributed by atoms with E-state index in [4.69, 9.17) is 11.7 Å². The number of alkyl halides is 3. The van der Waals surface area contributed by atoms with Crippen molar-refractivity contribution in [3.05, 3.63) is 106 Å². The summed E-state index contributed by atoms with van der Waals surface area (Å²) in [5, 5.41) is 15.4. The Bertz CT molecular complexity index is 1670. The van der Waals surface area contributed by atoms with Crippen molar-refractivity contribution >= 4 is 39.8 Å². The lowest BCUT2D eigenvalue weighted by Gasteiger charge is -2.31. The van der Waals surface area contributed by atoms with E-state index in [1.54, 1.807) is 42.5 Å². The van der Waals surface area contributed by atoms with Gasteiger partial charge in [0.25, 0.3) is 0 Å². The molecule has 0 aliphatic heterocycles. The van der Waals surface area contributed by atoms with E-state index >= 15 is 0 Å². The minimum absolute atomic E-state index is 0.0822. The zero-order valence-corrected chi connectivity index (χ0v) is 20.3. The highest BCUT2D eigenvalue weighted by molar-refractivity contribution is 6.02. The second kappa shape index (κ2) is 10.2. The number of aromatic amines is 1. The highest BCUT2D eigenvalue weighted by Gasteiger charge is 2.34. The van der Waals surface area contributed by atoms with E-state index in [-0.39, 0.29) is 22.7 Å². The van der Waals surface area contributed by atoms with Crippen LogP contribution in [0.5, 0.6) is 0 Å². The average molecular weight is 532 g/mol. The van der Waals surface area contributed by atoms with Crippen molar-refractivity contribution in [1.29, 1.82) is 0 Å². The molecule has 196 valence electrons. The summed E-state index contributed by atoms with van der Waals surface area (Å²) in [5.41, 5.74) is 2.40. The Morgan fingerprint density at radius 3 is 2.44 bits per heavy atom. The molecule has 0 unspecified atom stereocenters. The van der Waals surface area contributed by atoms with Gasteiger partial charge in [-0.3, -0.25) is 10.1 Å². The maximum atomic E-state index is 14.5. The van der Waals surface area contributed by atoms with Crippen molar-refractivity contribution < 1.29 is 27.5 Å². The minimum Gasteiger partial charge on any atom is -0.478 e. The molecule has 1 fully saturated rings. The molecule has 0 radical (unpaired) electrons. The second-order valence-corrected chi connectivity index (χ2v) is 9.18. The van der Waals surface area contributed by atoms with Gasteiger partial charge in [0.15, 0.2) is 0 Å². The number of carboxylic acid groups (broad SMARTS) is 1. The molecule has 2 aromatic carbocycles. The summed E-state index contributed by atoms with van der Waals surface area (Å²) in [7, 11) is 0. The van der Waals surface area contributed by atoms with Gasteiger partial charge in [0.2, 0.25) is 11.6 Å². The Balaban J connectivity index is 1.79. The Kier molecular flexibility index (Phi) is 6.74. The topological polar surface area (TPSA) is 83.2 Å². The number of nitrogens with one attached hydrogen (secondary N) is 1. The van der Waals surface area contributed by atoms with E-state index in [1.165, 1.54) is 6.08 Å². The van der Waals surface area contributed by atoms with Crippen LogP contribution in [0.4, 0.5) is 23.2 Å². The first-order valence-corrected chi connectivity index (χ1v) is 12.0. The van der Waals surface area contributed by atoms with Crippen molar-refractivity contribution in [1.82, 2.24) is 15.2 Å². The normalized spacial score (nSPS) is 14.7. The van der Waals surface area contributed by atoms with Gasteiger partial charge in [-0.05, 0) is 70.9 Å². The van der Waals surface area contributed by atoms with Gasteiger partial charge in [-0.1, -0.05) is 36.8 Å². The second-order valence-electron chi connectivity index (χ2n) is 9.18. The molecule has 6 nitrogen and oxygen atoms in total. The van der Waals surface area contributed by atoms with Crippen LogP contribution in [0.2, 0.25) is 0 Å². The molecule has 0 amide bonds. The first kappa shape index (κ1) is 25.9. The van der Waals surface area contributed by atoms with E-state index in [1.807, 2.05) is 0 Å².